The molecule has 32 heavy (non-hydrogen) atoms. The molecule has 9 heteroatoms. The van der Waals surface area contributed by atoms with E-state index in [1.54, 1.807) is 13.0 Å². The van der Waals surface area contributed by atoms with Crippen molar-refractivity contribution in [3.05, 3.63) is 65.0 Å². The van der Waals surface area contributed by atoms with E-state index in [1.165, 1.54) is 24.5 Å². The first-order valence-electron chi connectivity index (χ1n) is 10.2. The number of nitrogen functional groups attached to an aromatic ring is 1. The number of benzene rings is 2. The van der Waals surface area contributed by atoms with E-state index in [2.05, 4.69) is 15.3 Å². The quantitative estimate of drug-likeness (QED) is 0.516. The van der Waals surface area contributed by atoms with Crippen LogP contribution in [0.1, 0.15) is 40.2 Å². The Bertz CT molecular complexity index is 1180. The Labute approximate surface area is 183 Å². The van der Waals surface area contributed by atoms with Crippen molar-refractivity contribution in [3.63, 3.8) is 0 Å². The standard InChI is InChI=1S/C23H23F2N5O2/c1-12-17(20-21(32-7-6-26)22(27)29-11-28-20)9-15(24)10-19(12)30-23(31)16-5-4-14(8-18(16)25)13-2-3-13/h4-5,8-11,13H,2-3,6-7,26H2,1H3,(H,30,31)(H2,27,28,29). The summed E-state index contributed by atoms with van der Waals surface area (Å²) in [5.41, 5.74) is 13.5. The molecule has 1 aliphatic rings. The van der Waals surface area contributed by atoms with E-state index in [1.807, 2.05) is 0 Å². The average molecular weight is 439 g/mol. The van der Waals surface area contributed by atoms with Gasteiger partial charge in [-0.25, -0.2) is 18.7 Å². The van der Waals surface area contributed by atoms with E-state index < -0.39 is 17.5 Å². The number of ether oxygens (including phenoxy) is 1. The summed E-state index contributed by atoms with van der Waals surface area (Å²) in [4.78, 5) is 20.9. The van der Waals surface area contributed by atoms with Crippen LogP contribution in [-0.4, -0.2) is 29.0 Å². The number of carbonyl (C=O) groups excluding carboxylic acids is 1. The maximum Gasteiger partial charge on any atom is 0.258 e. The summed E-state index contributed by atoms with van der Waals surface area (Å²) in [6.07, 6.45) is 3.29. The largest absolute Gasteiger partial charge is 0.486 e. The van der Waals surface area contributed by atoms with Crippen LogP contribution in [0.15, 0.2) is 36.7 Å². The summed E-state index contributed by atoms with van der Waals surface area (Å²) in [5.74, 6) is -1.28. The van der Waals surface area contributed by atoms with Crippen LogP contribution in [0.3, 0.4) is 0 Å². The van der Waals surface area contributed by atoms with Crippen LogP contribution >= 0.6 is 0 Å². The van der Waals surface area contributed by atoms with Gasteiger partial charge in [-0.2, -0.15) is 0 Å². The smallest absolute Gasteiger partial charge is 0.258 e. The molecular formula is C23H23F2N5O2. The zero-order valence-electron chi connectivity index (χ0n) is 17.5. The van der Waals surface area contributed by atoms with Crippen molar-refractivity contribution >= 4 is 17.4 Å². The highest BCUT2D eigenvalue weighted by Crippen LogP contribution is 2.40. The molecule has 5 N–H and O–H groups in total. The van der Waals surface area contributed by atoms with Crippen LogP contribution in [0.4, 0.5) is 20.3 Å². The molecule has 1 aromatic heterocycles. The van der Waals surface area contributed by atoms with Crippen molar-refractivity contribution in [3.8, 4) is 17.0 Å². The lowest BCUT2D eigenvalue weighted by atomic mass is 10.0. The Morgan fingerprint density at radius 1 is 1.22 bits per heavy atom. The van der Waals surface area contributed by atoms with E-state index in [-0.39, 0.29) is 41.7 Å². The molecule has 1 amide bonds. The second-order valence-electron chi connectivity index (χ2n) is 7.67. The number of nitrogens with one attached hydrogen (secondary N) is 1. The fraction of sp³-hybridized carbons (Fsp3) is 0.261. The highest BCUT2D eigenvalue weighted by molar-refractivity contribution is 6.05. The Kier molecular flexibility index (Phi) is 6.00. The molecule has 0 unspecified atom stereocenters. The molecule has 0 radical (unpaired) electrons. The topological polar surface area (TPSA) is 116 Å². The lowest BCUT2D eigenvalue weighted by Gasteiger charge is -2.16. The Morgan fingerprint density at radius 2 is 2.00 bits per heavy atom. The predicted octanol–water partition coefficient (Wildman–Crippen LogP) is 3.78. The van der Waals surface area contributed by atoms with Crippen molar-refractivity contribution in [1.82, 2.24) is 9.97 Å². The summed E-state index contributed by atoms with van der Waals surface area (Å²) in [6, 6.07) is 7.02. The van der Waals surface area contributed by atoms with Gasteiger partial charge in [0.05, 0.1) is 5.56 Å². The molecule has 7 nitrogen and oxygen atoms in total. The summed E-state index contributed by atoms with van der Waals surface area (Å²) in [6.45, 7) is 2.09. The van der Waals surface area contributed by atoms with Crippen LogP contribution < -0.4 is 21.5 Å². The SMILES string of the molecule is Cc1c(NC(=O)c2ccc(C3CC3)cc2F)cc(F)cc1-c1ncnc(N)c1OCCN. The van der Waals surface area contributed by atoms with E-state index in [9.17, 15) is 13.6 Å². The Morgan fingerprint density at radius 3 is 2.69 bits per heavy atom. The number of nitrogens with zero attached hydrogens (tertiary/aromatic N) is 2. The summed E-state index contributed by atoms with van der Waals surface area (Å²) < 4.78 is 34.6. The molecule has 3 aromatic rings. The van der Waals surface area contributed by atoms with Crippen LogP contribution in [-0.2, 0) is 0 Å². The second kappa shape index (κ2) is 8.88. The third-order valence-corrected chi connectivity index (χ3v) is 5.36. The minimum Gasteiger partial charge on any atom is -0.486 e. The maximum atomic E-state index is 14.5. The van der Waals surface area contributed by atoms with Crippen molar-refractivity contribution in [2.45, 2.75) is 25.7 Å². The van der Waals surface area contributed by atoms with Gasteiger partial charge in [0.25, 0.3) is 5.91 Å². The van der Waals surface area contributed by atoms with E-state index in [0.717, 1.165) is 24.5 Å². The van der Waals surface area contributed by atoms with Crippen LogP contribution in [0.2, 0.25) is 0 Å². The molecule has 1 heterocycles. The third-order valence-electron chi connectivity index (χ3n) is 5.36. The van der Waals surface area contributed by atoms with E-state index >= 15 is 0 Å². The van der Waals surface area contributed by atoms with Gasteiger partial charge < -0.3 is 21.5 Å². The van der Waals surface area contributed by atoms with Crippen LogP contribution in [0, 0.1) is 18.6 Å². The fourth-order valence-electron chi connectivity index (χ4n) is 3.51. The molecular weight excluding hydrogens is 416 g/mol. The number of hydrogen-bond donors (Lipinski definition) is 3. The highest BCUT2D eigenvalue weighted by Gasteiger charge is 2.25. The average Bonchev–Trinajstić information content (AvgIpc) is 3.60. The highest BCUT2D eigenvalue weighted by atomic mass is 19.1. The minimum absolute atomic E-state index is 0.0792. The number of halogens is 2. The van der Waals surface area contributed by atoms with Gasteiger partial charge in [-0.15, -0.1) is 0 Å². The van der Waals surface area contributed by atoms with Gasteiger partial charge >= 0.3 is 0 Å². The minimum atomic E-state index is -0.675. The first kappa shape index (κ1) is 21.6. The predicted molar refractivity (Wildman–Crippen MR) is 117 cm³/mol. The van der Waals surface area contributed by atoms with Crippen LogP contribution in [0.25, 0.3) is 11.3 Å². The third kappa shape index (κ3) is 4.38. The number of amides is 1. The molecule has 0 aliphatic heterocycles. The van der Waals surface area contributed by atoms with Gasteiger partial charge in [0.1, 0.15) is 30.3 Å². The molecule has 166 valence electrons. The van der Waals surface area contributed by atoms with Crippen molar-refractivity contribution < 1.29 is 18.3 Å². The first-order chi connectivity index (χ1) is 15.4. The van der Waals surface area contributed by atoms with Gasteiger partial charge in [-0.3, -0.25) is 4.79 Å². The molecule has 1 aliphatic carbocycles. The first-order valence-corrected chi connectivity index (χ1v) is 10.2. The van der Waals surface area contributed by atoms with Gasteiger partial charge in [-0.1, -0.05) is 6.07 Å². The van der Waals surface area contributed by atoms with Gasteiger partial charge in [0, 0.05) is 17.8 Å². The number of aromatic nitrogens is 2. The Hall–Kier alpha value is -3.59. The molecule has 0 atom stereocenters. The van der Waals surface area contributed by atoms with Crippen molar-refractivity contribution in [1.29, 1.82) is 0 Å². The number of carbonyl (C=O) groups is 1. The maximum absolute atomic E-state index is 14.5. The zero-order chi connectivity index (χ0) is 22.8. The van der Waals surface area contributed by atoms with Crippen LogP contribution in [0.5, 0.6) is 5.75 Å². The summed E-state index contributed by atoms with van der Waals surface area (Å²) in [5, 5.41) is 2.61. The monoisotopic (exact) mass is 439 g/mol. The molecule has 4 rings (SSSR count). The number of anilines is 2. The van der Waals surface area contributed by atoms with Gasteiger partial charge in [-0.05, 0) is 61.1 Å². The van der Waals surface area contributed by atoms with E-state index in [4.69, 9.17) is 16.2 Å². The number of rotatable bonds is 7. The van der Waals surface area contributed by atoms with Gasteiger partial charge in [0.15, 0.2) is 11.6 Å². The van der Waals surface area contributed by atoms with E-state index in [0.29, 0.717) is 17.0 Å². The fourth-order valence-corrected chi connectivity index (χ4v) is 3.51. The van der Waals surface area contributed by atoms with Crippen molar-refractivity contribution in [2.24, 2.45) is 5.73 Å². The normalized spacial score (nSPS) is 13.1. The molecule has 0 saturated heterocycles. The molecule has 1 saturated carbocycles. The van der Waals surface area contributed by atoms with Gasteiger partial charge in [0.2, 0.25) is 0 Å². The lowest BCUT2D eigenvalue weighted by Crippen LogP contribution is -2.16. The summed E-state index contributed by atoms with van der Waals surface area (Å²) in [7, 11) is 0. The lowest BCUT2D eigenvalue weighted by molar-refractivity contribution is 0.102. The second-order valence-corrected chi connectivity index (χ2v) is 7.67. The Balaban J connectivity index is 1.68. The molecule has 2 aromatic carbocycles. The van der Waals surface area contributed by atoms with Crippen molar-refractivity contribution in [2.75, 3.05) is 24.2 Å². The molecule has 1 fully saturated rings. The number of hydrogen-bond acceptors (Lipinski definition) is 6. The molecule has 0 spiro atoms. The molecule has 0 bridgehead atoms. The zero-order valence-corrected chi connectivity index (χ0v) is 17.5. The summed E-state index contributed by atoms with van der Waals surface area (Å²) >= 11 is 0. The number of nitrogens with two attached hydrogens (primary N) is 2.